The Kier molecular flexibility index (Phi) is 3.80. The van der Waals surface area contributed by atoms with E-state index in [1.807, 2.05) is 30.3 Å². The van der Waals surface area contributed by atoms with Crippen LogP contribution >= 0.6 is 15.9 Å². The van der Waals surface area contributed by atoms with E-state index in [2.05, 4.69) is 41.2 Å². The highest BCUT2D eigenvalue weighted by atomic mass is 79.9. The van der Waals surface area contributed by atoms with Crippen LogP contribution in [-0.4, -0.2) is 17.7 Å². The molecule has 0 saturated carbocycles. The van der Waals surface area contributed by atoms with Gasteiger partial charge in [-0.3, -0.25) is 4.79 Å². The van der Waals surface area contributed by atoms with Crippen LogP contribution in [0.3, 0.4) is 0 Å². The third-order valence-electron chi connectivity index (χ3n) is 5.50. The summed E-state index contributed by atoms with van der Waals surface area (Å²) in [7, 11) is 0. The first-order chi connectivity index (χ1) is 11.9. The van der Waals surface area contributed by atoms with Crippen molar-refractivity contribution in [2.45, 2.75) is 31.7 Å². The van der Waals surface area contributed by atoms with Gasteiger partial charge in [-0.25, -0.2) is 0 Å². The van der Waals surface area contributed by atoms with Crippen molar-refractivity contribution in [1.82, 2.24) is 0 Å². The molecule has 0 amide bonds. The summed E-state index contributed by atoms with van der Waals surface area (Å²) in [6, 6.07) is 12.3. The van der Waals surface area contributed by atoms with E-state index in [1.165, 1.54) is 5.56 Å². The molecule has 5 heteroatoms. The lowest BCUT2D eigenvalue weighted by atomic mass is 9.65. The Labute approximate surface area is 155 Å². The van der Waals surface area contributed by atoms with Gasteiger partial charge < -0.3 is 15.2 Å². The first kappa shape index (κ1) is 16.5. The lowest BCUT2D eigenvalue weighted by Gasteiger charge is -2.48. The molecule has 0 bridgehead atoms. The van der Waals surface area contributed by atoms with Gasteiger partial charge in [-0.05, 0) is 35.4 Å². The minimum absolute atomic E-state index is 0.0454. The van der Waals surface area contributed by atoms with Gasteiger partial charge in [0, 0.05) is 27.1 Å². The number of aliphatic carboxylic acids is 1. The molecule has 130 valence electrons. The molecule has 2 aliphatic rings. The van der Waals surface area contributed by atoms with Gasteiger partial charge in [0.05, 0.1) is 19.1 Å². The molecule has 2 unspecified atom stereocenters. The van der Waals surface area contributed by atoms with Gasteiger partial charge in [-0.1, -0.05) is 41.9 Å². The number of ether oxygens (including phenoxy) is 1. The van der Waals surface area contributed by atoms with Gasteiger partial charge in [0.1, 0.15) is 5.75 Å². The Morgan fingerprint density at radius 3 is 2.88 bits per heavy atom. The van der Waals surface area contributed by atoms with Crippen LogP contribution in [0.2, 0.25) is 0 Å². The Morgan fingerprint density at radius 1 is 1.32 bits per heavy atom. The van der Waals surface area contributed by atoms with E-state index in [4.69, 9.17) is 9.84 Å². The summed E-state index contributed by atoms with van der Waals surface area (Å²) in [4.78, 5) is 11.1. The summed E-state index contributed by atoms with van der Waals surface area (Å²) in [6.07, 6.45) is 0.0454. The molecule has 4 rings (SSSR count). The number of benzene rings is 2. The largest absolute Gasteiger partial charge is 0.493 e. The zero-order chi connectivity index (χ0) is 17.8. The maximum absolute atomic E-state index is 11.1. The van der Waals surface area contributed by atoms with Crippen LogP contribution < -0.4 is 10.1 Å². The van der Waals surface area contributed by atoms with Gasteiger partial charge in [0.25, 0.3) is 0 Å². The van der Waals surface area contributed by atoms with Gasteiger partial charge in [0.15, 0.2) is 0 Å². The number of carboxylic acid groups (broad SMARTS) is 1. The number of hydrogen-bond donors (Lipinski definition) is 2. The van der Waals surface area contributed by atoms with Crippen LogP contribution in [0.15, 0.2) is 40.9 Å². The summed E-state index contributed by atoms with van der Waals surface area (Å²) >= 11 is 3.56. The maximum Gasteiger partial charge on any atom is 0.307 e. The molecule has 2 aromatic carbocycles. The third kappa shape index (κ3) is 2.71. The molecule has 4 nitrogen and oxygen atoms in total. The number of nitrogens with one attached hydrogen (secondary N) is 1. The summed E-state index contributed by atoms with van der Waals surface area (Å²) in [5.41, 5.74) is 4.11. The molecule has 0 aromatic heterocycles. The number of rotatable bonds is 2. The first-order valence-electron chi connectivity index (χ1n) is 8.40. The molecule has 25 heavy (non-hydrogen) atoms. The monoisotopic (exact) mass is 401 g/mol. The molecule has 0 radical (unpaired) electrons. The molecule has 0 spiro atoms. The number of carbonyl (C=O) groups is 1. The van der Waals surface area contributed by atoms with Crippen LogP contribution in [0.1, 0.15) is 36.6 Å². The molecule has 0 aliphatic carbocycles. The lowest BCUT2D eigenvalue weighted by Crippen LogP contribution is -2.46. The Hall–Kier alpha value is -2.01. The van der Waals surface area contributed by atoms with Crippen molar-refractivity contribution in [2.75, 3.05) is 11.9 Å². The van der Waals surface area contributed by atoms with Gasteiger partial charge in [0.2, 0.25) is 0 Å². The number of carboxylic acids is 1. The molecular weight excluding hydrogens is 382 g/mol. The van der Waals surface area contributed by atoms with Gasteiger partial charge in [-0.15, -0.1) is 0 Å². The zero-order valence-electron chi connectivity index (χ0n) is 14.2. The fourth-order valence-corrected chi connectivity index (χ4v) is 4.47. The summed E-state index contributed by atoms with van der Waals surface area (Å²) < 4.78 is 7.08. The second kappa shape index (κ2) is 5.77. The summed E-state index contributed by atoms with van der Waals surface area (Å²) in [6.45, 7) is 5.09. The highest BCUT2D eigenvalue weighted by molar-refractivity contribution is 9.10. The van der Waals surface area contributed by atoms with E-state index >= 15 is 0 Å². The minimum atomic E-state index is -0.806. The fourth-order valence-electron chi connectivity index (χ4n) is 4.09. The number of anilines is 1. The molecule has 0 saturated heterocycles. The fraction of sp³-hybridized carbons (Fsp3) is 0.350. The average molecular weight is 402 g/mol. The average Bonchev–Trinajstić information content (AvgIpc) is 2.55. The van der Waals surface area contributed by atoms with Crippen molar-refractivity contribution >= 4 is 27.6 Å². The van der Waals surface area contributed by atoms with Crippen molar-refractivity contribution in [1.29, 1.82) is 0 Å². The van der Waals surface area contributed by atoms with E-state index in [1.54, 1.807) is 0 Å². The van der Waals surface area contributed by atoms with Crippen LogP contribution in [0, 0.1) is 5.92 Å². The van der Waals surface area contributed by atoms with Crippen molar-refractivity contribution in [3.63, 3.8) is 0 Å². The van der Waals surface area contributed by atoms with Crippen molar-refractivity contribution in [3.05, 3.63) is 57.6 Å². The molecule has 2 aromatic rings. The minimum Gasteiger partial charge on any atom is -0.493 e. The number of fused-ring (bicyclic) bond motifs is 4. The van der Waals surface area contributed by atoms with Crippen molar-refractivity contribution < 1.29 is 14.6 Å². The Balaban J connectivity index is 1.80. The van der Waals surface area contributed by atoms with E-state index in [-0.39, 0.29) is 23.8 Å². The Morgan fingerprint density at radius 2 is 2.12 bits per heavy atom. The predicted molar refractivity (Wildman–Crippen MR) is 100 cm³/mol. The van der Waals surface area contributed by atoms with Crippen molar-refractivity contribution in [3.8, 4) is 5.75 Å². The maximum atomic E-state index is 11.1. The molecule has 0 fully saturated rings. The highest BCUT2D eigenvalue weighted by Crippen LogP contribution is 2.52. The topological polar surface area (TPSA) is 58.6 Å². The summed E-state index contributed by atoms with van der Waals surface area (Å²) in [5.74, 6) is 0.389. The molecular formula is C20H20BrNO3. The number of halogens is 1. The van der Waals surface area contributed by atoms with E-state index < -0.39 is 5.97 Å². The van der Waals surface area contributed by atoms with Crippen molar-refractivity contribution in [2.24, 2.45) is 5.92 Å². The standard InChI is InChI=1S/C20H20BrNO3/c1-20(2)14-7-11(8-18(23)24)3-5-16(14)22-19-13-9-12(21)4-6-17(13)25-10-15(19)20/h3-7,9,15,19,22H,8,10H2,1-2H3,(H,23,24). The number of hydrogen-bond acceptors (Lipinski definition) is 3. The molecule has 2 aliphatic heterocycles. The van der Waals surface area contributed by atoms with E-state index in [0.29, 0.717) is 6.61 Å². The predicted octanol–water partition coefficient (Wildman–Crippen LogP) is 4.53. The normalized spacial score (nSPS) is 22.7. The van der Waals surface area contributed by atoms with E-state index in [0.717, 1.165) is 27.0 Å². The van der Waals surface area contributed by atoms with Crippen LogP contribution in [-0.2, 0) is 16.6 Å². The quantitative estimate of drug-likeness (QED) is 0.775. The van der Waals surface area contributed by atoms with Gasteiger partial charge in [-0.2, -0.15) is 0 Å². The second-order valence-electron chi connectivity index (χ2n) is 7.39. The third-order valence-corrected chi connectivity index (χ3v) is 5.99. The highest BCUT2D eigenvalue weighted by Gasteiger charge is 2.46. The smallest absolute Gasteiger partial charge is 0.307 e. The SMILES string of the molecule is CC1(C)c2cc(CC(=O)O)ccc2NC2c3cc(Br)ccc3OCC21. The van der Waals surface area contributed by atoms with E-state index in [9.17, 15) is 4.79 Å². The van der Waals surface area contributed by atoms with Gasteiger partial charge >= 0.3 is 5.97 Å². The Bertz CT molecular complexity index is 862. The van der Waals surface area contributed by atoms with Crippen LogP contribution in [0.5, 0.6) is 5.75 Å². The second-order valence-corrected chi connectivity index (χ2v) is 8.31. The first-order valence-corrected chi connectivity index (χ1v) is 9.19. The summed E-state index contributed by atoms with van der Waals surface area (Å²) in [5, 5.41) is 12.8. The molecule has 2 heterocycles. The zero-order valence-corrected chi connectivity index (χ0v) is 15.8. The van der Waals surface area contributed by atoms with Crippen LogP contribution in [0.25, 0.3) is 0 Å². The molecule has 2 N–H and O–H groups in total. The van der Waals surface area contributed by atoms with Crippen LogP contribution in [0.4, 0.5) is 5.69 Å². The lowest BCUT2D eigenvalue weighted by molar-refractivity contribution is -0.136. The molecule has 2 atom stereocenters.